The molecule has 1 atom stereocenters. The first-order valence-electron chi connectivity index (χ1n) is 7.43. The minimum Gasteiger partial charge on any atom is -0.497 e. The maximum Gasteiger partial charge on any atom is 0.471 e. The molecule has 0 aromatic heterocycles. The van der Waals surface area contributed by atoms with E-state index >= 15 is 0 Å². The zero-order valence-electron chi connectivity index (χ0n) is 12.3. The molecular formula is C16H18F3NO2. The number of fused-ring (bicyclic) bond motifs is 1. The lowest BCUT2D eigenvalue weighted by molar-refractivity contribution is -0.188. The second-order valence-electron chi connectivity index (χ2n) is 5.99. The molecule has 0 bridgehead atoms. The van der Waals surface area contributed by atoms with Crippen LogP contribution >= 0.6 is 0 Å². The van der Waals surface area contributed by atoms with Crippen molar-refractivity contribution < 1.29 is 22.7 Å². The molecule has 22 heavy (non-hydrogen) atoms. The summed E-state index contributed by atoms with van der Waals surface area (Å²) >= 11 is 0. The van der Waals surface area contributed by atoms with Gasteiger partial charge < -0.3 is 9.64 Å². The van der Waals surface area contributed by atoms with Crippen LogP contribution in [-0.4, -0.2) is 36.7 Å². The predicted octanol–water partition coefficient (Wildman–Crippen LogP) is 2.96. The molecule has 3 nitrogen and oxygen atoms in total. The van der Waals surface area contributed by atoms with Gasteiger partial charge in [-0.25, -0.2) is 0 Å². The molecule has 120 valence electrons. The van der Waals surface area contributed by atoms with Crippen LogP contribution in [0.5, 0.6) is 5.75 Å². The zero-order valence-corrected chi connectivity index (χ0v) is 12.3. The Morgan fingerprint density at radius 3 is 2.59 bits per heavy atom. The Balaban J connectivity index is 1.90. The van der Waals surface area contributed by atoms with E-state index in [4.69, 9.17) is 4.74 Å². The van der Waals surface area contributed by atoms with Gasteiger partial charge in [0.15, 0.2) is 0 Å². The van der Waals surface area contributed by atoms with Gasteiger partial charge in [0.2, 0.25) is 0 Å². The van der Waals surface area contributed by atoms with Crippen LogP contribution in [0.3, 0.4) is 0 Å². The third kappa shape index (κ3) is 2.91. The van der Waals surface area contributed by atoms with Gasteiger partial charge in [-0.1, -0.05) is 6.07 Å². The molecule has 0 spiro atoms. The topological polar surface area (TPSA) is 29.5 Å². The van der Waals surface area contributed by atoms with Gasteiger partial charge in [0.1, 0.15) is 5.75 Å². The molecular weight excluding hydrogens is 295 g/mol. The Hall–Kier alpha value is -1.72. The van der Waals surface area contributed by atoms with Crippen molar-refractivity contribution in [2.45, 2.75) is 37.9 Å². The standard InChI is InChI=1S/C16H18F3NO2/c1-22-13-5-4-11-9-14(10-2-3-10)20(7-6-12(11)8-13)15(21)16(17,18)19/h4-5,8,10,14H,2-3,6-7,9H2,1H3. The SMILES string of the molecule is COc1ccc2c(c1)CCN(C(=O)C(F)(F)F)C(C1CC1)C2. The third-order valence-electron chi connectivity index (χ3n) is 4.53. The van der Waals surface area contributed by atoms with Gasteiger partial charge in [-0.15, -0.1) is 0 Å². The van der Waals surface area contributed by atoms with E-state index < -0.39 is 12.1 Å². The van der Waals surface area contributed by atoms with Crippen LogP contribution < -0.4 is 4.74 Å². The van der Waals surface area contributed by atoms with Crippen molar-refractivity contribution in [2.75, 3.05) is 13.7 Å². The summed E-state index contributed by atoms with van der Waals surface area (Å²) in [5.74, 6) is -0.819. The highest BCUT2D eigenvalue weighted by molar-refractivity contribution is 5.82. The highest BCUT2D eigenvalue weighted by Crippen LogP contribution is 2.40. The molecule has 1 heterocycles. The van der Waals surface area contributed by atoms with E-state index in [0.717, 1.165) is 28.9 Å². The van der Waals surface area contributed by atoms with E-state index in [1.165, 1.54) is 0 Å². The van der Waals surface area contributed by atoms with E-state index in [-0.39, 0.29) is 18.5 Å². The van der Waals surface area contributed by atoms with Gasteiger partial charge >= 0.3 is 12.1 Å². The van der Waals surface area contributed by atoms with Crippen LogP contribution in [0, 0.1) is 5.92 Å². The Labute approximate surface area is 127 Å². The summed E-state index contributed by atoms with van der Waals surface area (Å²) in [6.07, 6.45) is -2.08. The molecule has 3 rings (SSSR count). The number of ether oxygens (including phenoxy) is 1. The monoisotopic (exact) mass is 313 g/mol. The number of benzene rings is 1. The fourth-order valence-corrected chi connectivity index (χ4v) is 3.22. The number of carbonyl (C=O) groups excluding carboxylic acids is 1. The molecule has 1 unspecified atom stereocenters. The molecule has 0 N–H and O–H groups in total. The molecule has 1 amide bonds. The molecule has 1 aromatic rings. The summed E-state index contributed by atoms with van der Waals surface area (Å²) in [5.41, 5.74) is 2.00. The minimum absolute atomic E-state index is 0.111. The first-order valence-corrected chi connectivity index (χ1v) is 7.43. The summed E-state index contributed by atoms with van der Waals surface area (Å²) in [5, 5.41) is 0. The average molecular weight is 313 g/mol. The lowest BCUT2D eigenvalue weighted by atomic mass is 9.98. The van der Waals surface area contributed by atoms with Gasteiger partial charge in [-0.2, -0.15) is 13.2 Å². The number of alkyl halides is 3. The van der Waals surface area contributed by atoms with Crippen LogP contribution in [0.2, 0.25) is 0 Å². The normalized spacial score (nSPS) is 22.0. The number of hydrogen-bond donors (Lipinski definition) is 0. The second-order valence-corrected chi connectivity index (χ2v) is 5.99. The molecule has 0 radical (unpaired) electrons. The zero-order chi connectivity index (χ0) is 15.9. The number of hydrogen-bond acceptors (Lipinski definition) is 2. The van der Waals surface area contributed by atoms with Crippen molar-refractivity contribution in [3.63, 3.8) is 0 Å². The number of methoxy groups -OCH3 is 1. The number of rotatable bonds is 2. The summed E-state index contributed by atoms with van der Waals surface area (Å²) in [6, 6.07) is 5.25. The van der Waals surface area contributed by atoms with Crippen LogP contribution in [0.4, 0.5) is 13.2 Å². The van der Waals surface area contributed by atoms with Gasteiger partial charge in [0.05, 0.1) is 7.11 Å². The number of carbonyl (C=O) groups is 1. The average Bonchev–Trinajstić information content (AvgIpc) is 3.30. The predicted molar refractivity (Wildman–Crippen MR) is 74.7 cm³/mol. The highest BCUT2D eigenvalue weighted by Gasteiger charge is 2.48. The summed E-state index contributed by atoms with van der Waals surface area (Å²) in [7, 11) is 1.56. The Kier molecular flexibility index (Phi) is 3.78. The lowest BCUT2D eigenvalue weighted by Gasteiger charge is -2.30. The molecule has 6 heteroatoms. The van der Waals surface area contributed by atoms with Crippen molar-refractivity contribution in [3.05, 3.63) is 29.3 Å². The van der Waals surface area contributed by atoms with Crippen LogP contribution in [0.15, 0.2) is 18.2 Å². The van der Waals surface area contributed by atoms with Crippen molar-refractivity contribution in [3.8, 4) is 5.75 Å². The molecule has 1 aliphatic heterocycles. The molecule has 2 aliphatic rings. The summed E-state index contributed by atoms with van der Waals surface area (Å²) < 4.78 is 43.8. The van der Waals surface area contributed by atoms with E-state index in [0.29, 0.717) is 18.6 Å². The molecule has 1 aliphatic carbocycles. The highest BCUT2D eigenvalue weighted by atomic mass is 19.4. The van der Waals surface area contributed by atoms with Gasteiger partial charge in [-0.05, 0) is 54.9 Å². The fraction of sp³-hybridized carbons (Fsp3) is 0.562. The largest absolute Gasteiger partial charge is 0.497 e. The summed E-state index contributed by atoms with van der Waals surface area (Å²) in [4.78, 5) is 12.8. The van der Waals surface area contributed by atoms with Crippen LogP contribution in [0.1, 0.15) is 24.0 Å². The Bertz CT molecular complexity index is 581. The lowest BCUT2D eigenvalue weighted by Crippen LogP contribution is -2.48. The van der Waals surface area contributed by atoms with Crippen molar-refractivity contribution >= 4 is 5.91 Å². The third-order valence-corrected chi connectivity index (χ3v) is 4.53. The number of halogens is 3. The van der Waals surface area contributed by atoms with E-state index in [1.54, 1.807) is 7.11 Å². The fourth-order valence-electron chi connectivity index (χ4n) is 3.22. The number of nitrogens with zero attached hydrogens (tertiary/aromatic N) is 1. The van der Waals surface area contributed by atoms with Crippen molar-refractivity contribution in [1.82, 2.24) is 4.90 Å². The maximum absolute atomic E-state index is 12.9. The molecule has 1 saturated carbocycles. The van der Waals surface area contributed by atoms with E-state index in [1.807, 2.05) is 18.2 Å². The Morgan fingerprint density at radius 2 is 2.00 bits per heavy atom. The van der Waals surface area contributed by atoms with Gasteiger partial charge in [-0.3, -0.25) is 4.79 Å². The first-order chi connectivity index (χ1) is 10.4. The van der Waals surface area contributed by atoms with E-state index in [9.17, 15) is 18.0 Å². The first kappa shape index (κ1) is 15.2. The van der Waals surface area contributed by atoms with Gasteiger partial charge in [0.25, 0.3) is 0 Å². The van der Waals surface area contributed by atoms with Crippen molar-refractivity contribution in [1.29, 1.82) is 0 Å². The second kappa shape index (κ2) is 5.48. The van der Waals surface area contributed by atoms with Crippen LogP contribution in [0.25, 0.3) is 0 Å². The van der Waals surface area contributed by atoms with Gasteiger partial charge in [0, 0.05) is 12.6 Å². The van der Waals surface area contributed by atoms with E-state index in [2.05, 4.69) is 0 Å². The van der Waals surface area contributed by atoms with Crippen molar-refractivity contribution in [2.24, 2.45) is 5.92 Å². The maximum atomic E-state index is 12.9. The van der Waals surface area contributed by atoms with Crippen LogP contribution in [-0.2, 0) is 17.6 Å². The smallest absolute Gasteiger partial charge is 0.471 e. The number of amides is 1. The quantitative estimate of drug-likeness (QED) is 0.840. The Morgan fingerprint density at radius 1 is 1.27 bits per heavy atom. The summed E-state index contributed by atoms with van der Waals surface area (Å²) in [6.45, 7) is 0.111. The molecule has 1 aromatic carbocycles. The minimum atomic E-state index is -4.80. The molecule has 0 saturated heterocycles. The molecule has 1 fully saturated rings.